The first-order valence-electron chi connectivity index (χ1n) is 9.50. The Balaban J connectivity index is 3.04. The maximum atomic E-state index is 12.8. The van der Waals surface area contributed by atoms with Crippen molar-refractivity contribution in [2.75, 3.05) is 0 Å². The van der Waals surface area contributed by atoms with Gasteiger partial charge < -0.3 is 36.9 Å². The number of carbonyl (C=O) groups is 5. The number of hydrogen-bond donors (Lipinski definition) is 7. The number of carboxylic acid groups (broad SMARTS) is 2. The first-order valence-corrected chi connectivity index (χ1v) is 9.50. The minimum absolute atomic E-state index is 0.0803. The Morgan fingerprint density at radius 3 is 2.06 bits per heavy atom. The van der Waals surface area contributed by atoms with Crippen molar-refractivity contribution in [2.45, 2.75) is 57.8 Å². The number of aromatic amines is 1. The number of nitrogens with one attached hydrogen (secondary N) is 4. The molecule has 13 nitrogen and oxygen atoms in total. The van der Waals surface area contributed by atoms with E-state index in [0.29, 0.717) is 5.69 Å². The lowest BCUT2D eigenvalue weighted by Crippen LogP contribution is -2.58. The largest absolute Gasteiger partial charge is 0.481 e. The van der Waals surface area contributed by atoms with Crippen molar-refractivity contribution in [3.05, 3.63) is 18.2 Å². The van der Waals surface area contributed by atoms with Crippen molar-refractivity contribution >= 4 is 29.7 Å². The van der Waals surface area contributed by atoms with Crippen molar-refractivity contribution < 1.29 is 34.2 Å². The van der Waals surface area contributed by atoms with Gasteiger partial charge in [-0.3, -0.25) is 19.2 Å². The van der Waals surface area contributed by atoms with Crippen LogP contribution in [0.15, 0.2) is 12.5 Å². The van der Waals surface area contributed by atoms with Gasteiger partial charge in [0.15, 0.2) is 0 Å². The molecule has 1 aromatic heterocycles. The van der Waals surface area contributed by atoms with Gasteiger partial charge in [0.05, 0.1) is 18.8 Å². The molecule has 0 saturated carbocycles. The standard InChI is InChI=1S/C18H28N6O7/c1-8(2)14(24-15(27)9(3)19)17(29)22-11(4-10-6-20-7-21-10)16(28)23-12(18(30)31)5-13(25)26/h6-9,11-12,14H,4-5,19H2,1-3H3,(H,20,21)(H,22,29)(H,23,28)(H,24,27)(H,25,26)(H,30,31). The molecular formula is C18H28N6O7. The number of hydrogen-bond acceptors (Lipinski definition) is 7. The number of carboxylic acids is 2. The molecule has 0 radical (unpaired) electrons. The van der Waals surface area contributed by atoms with Crippen LogP contribution in [0.3, 0.4) is 0 Å². The van der Waals surface area contributed by atoms with Gasteiger partial charge in [-0.15, -0.1) is 0 Å². The normalized spacial score (nSPS) is 14.7. The van der Waals surface area contributed by atoms with E-state index in [0.717, 1.165) is 0 Å². The predicted molar refractivity (Wildman–Crippen MR) is 106 cm³/mol. The molecule has 8 N–H and O–H groups in total. The smallest absolute Gasteiger partial charge is 0.326 e. The van der Waals surface area contributed by atoms with Gasteiger partial charge in [0.1, 0.15) is 18.1 Å². The number of H-pyrrole nitrogens is 1. The van der Waals surface area contributed by atoms with Crippen LogP contribution in [0, 0.1) is 5.92 Å². The van der Waals surface area contributed by atoms with Crippen LogP contribution in [-0.2, 0) is 30.4 Å². The number of carbonyl (C=O) groups excluding carboxylic acids is 3. The molecule has 1 heterocycles. The second-order valence-corrected chi connectivity index (χ2v) is 7.36. The van der Waals surface area contributed by atoms with Crippen LogP contribution in [0.4, 0.5) is 0 Å². The molecule has 4 unspecified atom stereocenters. The van der Waals surface area contributed by atoms with Crippen LogP contribution in [0.1, 0.15) is 32.9 Å². The summed E-state index contributed by atoms with van der Waals surface area (Å²) in [6.07, 6.45) is 1.85. The fraction of sp³-hybridized carbons (Fsp3) is 0.556. The Hall–Kier alpha value is -3.48. The Labute approximate surface area is 178 Å². The number of aliphatic carboxylic acids is 2. The van der Waals surface area contributed by atoms with Crippen molar-refractivity contribution in [1.29, 1.82) is 0 Å². The molecule has 0 spiro atoms. The van der Waals surface area contributed by atoms with E-state index >= 15 is 0 Å². The van der Waals surface area contributed by atoms with E-state index in [2.05, 4.69) is 25.9 Å². The number of aromatic nitrogens is 2. The van der Waals surface area contributed by atoms with Gasteiger partial charge in [0.25, 0.3) is 0 Å². The second kappa shape index (κ2) is 11.6. The molecule has 0 fully saturated rings. The number of nitrogens with zero attached hydrogens (tertiary/aromatic N) is 1. The molecule has 0 saturated heterocycles. The molecular weight excluding hydrogens is 412 g/mol. The van der Waals surface area contributed by atoms with Gasteiger partial charge in [-0.1, -0.05) is 13.8 Å². The molecule has 0 bridgehead atoms. The minimum Gasteiger partial charge on any atom is -0.481 e. The van der Waals surface area contributed by atoms with Gasteiger partial charge in [-0.2, -0.15) is 0 Å². The number of amides is 3. The maximum absolute atomic E-state index is 12.8. The highest BCUT2D eigenvalue weighted by Crippen LogP contribution is 2.06. The van der Waals surface area contributed by atoms with E-state index in [1.54, 1.807) is 13.8 Å². The third-order valence-corrected chi connectivity index (χ3v) is 4.27. The Kier molecular flexibility index (Phi) is 9.60. The summed E-state index contributed by atoms with van der Waals surface area (Å²) in [5, 5.41) is 25.1. The molecule has 1 rings (SSSR count). The van der Waals surface area contributed by atoms with Gasteiger partial charge >= 0.3 is 11.9 Å². The molecule has 0 aliphatic heterocycles. The molecule has 0 aliphatic carbocycles. The van der Waals surface area contributed by atoms with E-state index in [1.807, 2.05) is 0 Å². The highest BCUT2D eigenvalue weighted by atomic mass is 16.4. The van der Waals surface area contributed by atoms with E-state index < -0.39 is 60.2 Å². The molecule has 31 heavy (non-hydrogen) atoms. The summed E-state index contributed by atoms with van der Waals surface area (Å²) in [4.78, 5) is 66.2. The van der Waals surface area contributed by atoms with Gasteiger partial charge in [0, 0.05) is 18.3 Å². The summed E-state index contributed by atoms with van der Waals surface area (Å²) >= 11 is 0. The first-order chi connectivity index (χ1) is 14.4. The monoisotopic (exact) mass is 440 g/mol. The van der Waals surface area contributed by atoms with E-state index in [9.17, 15) is 24.0 Å². The fourth-order valence-corrected chi connectivity index (χ4v) is 2.55. The van der Waals surface area contributed by atoms with Crippen LogP contribution in [0.5, 0.6) is 0 Å². The molecule has 0 aromatic carbocycles. The maximum Gasteiger partial charge on any atom is 0.326 e. The molecule has 3 amide bonds. The molecule has 172 valence electrons. The zero-order valence-corrected chi connectivity index (χ0v) is 17.4. The number of nitrogens with two attached hydrogens (primary N) is 1. The van der Waals surface area contributed by atoms with E-state index in [4.69, 9.17) is 15.9 Å². The lowest BCUT2D eigenvalue weighted by Gasteiger charge is -2.26. The number of imidazole rings is 1. The van der Waals surface area contributed by atoms with Gasteiger partial charge in [-0.05, 0) is 12.8 Å². The van der Waals surface area contributed by atoms with Crippen molar-refractivity contribution in [2.24, 2.45) is 11.7 Å². The van der Waals surface area contributed by atoms with Crippen LogP contribution < -0.4 is 21.7 Å². The van der Waals surface area contributed by atoms with Crippen LogP contribution in [0.2, 0.25) is 0 Å². The Morgan fingerprint density at radius 1 is 1.00 bits per heavy atom. The van der Waals surface area contributed by atoms with Crippen LogP contribution in [-0.4, -0.2) is 74.0 Å². The summed E-state index contributed by atoms with van der Waals surface area (Å²) < 4.78 is 0. The summed E-state index contributed by atoms with van der Waals surface area (Å²) in [6, 6.07) is -4.82. The molecule has 4 atom stereocenters. The first kappa shape index (κ1) is 25.6. The van der Waals surface area contributed by atoms with Crippen molar-refractivity contribution in [3.8, 4) is 0 Å². The van der Waals surface area contributed by atoms with E-state index in [1.165, 1.54) is 19.4 Å². The number of rotatable bonds is 12. The lowest BCUT2D eigenvalue weighted by molar-refractivity contribution is -0.147. The summed E-state index contributed by atoms with van der Waals surface area (Å²) in [6.45, 7) is 4.82. The highest BCUT2D eigenvalue weighted by molar-refractivity contribution is 5.94. The SMILES string of the molecule is CC(N)C(=O)NC(C(=O)NC(Cc1cnc[nH]1)C(=O)NC(CC(=O)O)C(=O)O)C(C)C. The average Bonchev–Trinajstić information content (AvgIpc) is 3.16. The van der Waals surface area contributed by atoms with Crippen LogP contribution >= 0.6 is 0 Å². The predicted octanol–water partition coefficient (Wildman–Crippen LogP) is -2.03. The quantitative estimate of drug-likeness (QED) is 0.190. The zero-order chi connectivity index (χ0) is 23.7. The Morgan fingerprint density at radius 2 is 1.61 bits per heavy atom. The van der Waals surface area contributed by atoms with Crippen molar-refractivity contribution in [3.63, 3.8) is 0 Å². The van der Waals surface area contributed by atoms with E-state index in [-0.39, 0.29) is 12.3 Å². The second-order valence-electron chi connectivity index (χ2n) is 7.36. The summed E-state index contributed by atoms with van der Waals surface area (Å²) in [7, 11) is 0. The molecule has 1 aromatic rings. The summed E-state index contributed by atoms with van der Waals surface area (Å²) in [5.74, 6) is -5.45. The Bertz CT molecular complexity index is 793. The van der Waals surface area contributed by atoms with Gasteiger partial charge in [0.2, 0.25) is 17.7 Å². The van der Waals surface area contributed by atoms with Crippen LogP contribution in [0.25, 0.3) is 0 Å². The summed E-state index contributed by atoms with van der Waals surface area (Å²) in [5.41, 5.74) is 5.99. The van der Waals surface area contributed by atoms with Gasteiger partial charge in [-0.25, -0.2) is 9.78 Å². The molecule has 13 heteroatoms. The fourth-order valence-electron chi connectivity index (χ4n) is 2.55. The average molecular weight is 440 g/mol. The molecule has 0 aliphatic rings. The lowest BCUT2D eigenvalue weighted by atomic mass is 10.0. The minimum atomic E-state index is -1.69. The zero-order valence-electron chi connectivity index (χ0n) is 17.4. The topological polar surface area (TPSA) is 217 Å². The third kappa shape index (κ3) is 8.42. The highest BCUT2D eigenvalue weighted by Gasteiger charge is 2.32. The third-order valence-electron chi connectivity index (χ3n) is 4.27. The van der Waals surface area contributed by atoms with Crippen molar-refractivity contribution in [1.82, 2.24) is 25.9 Å².